The molecule has 0 aliphatic heterocycles. The van der Waals surface area contributed by atoms with Crippen molar-refractivity contribution >= 4 is 28.2 Å². The third-order valence-electron chi connectivity index (χ3n) is 3.87. The van der Waals surface area contributed by atoms with Crippen LogP contribution in [0.5, 0.6) is 5.75 Å². The molecule has 0 spiro atoms. The highest BCUT2D eigenvalue weighted by molar-refractivity contribution is 7.14. The number of amides is 2. The molecule has 2 amide bonds. The van der Waals surface area contributed by atoms with Crippen molar-refractivity contribution in [3.63, 3.8) is 0 Å². The molecule has 2 aromatic rings. The number of hydrogen-bond acceptors (Lipinski definition) is 5. The molecule has 6 nitrogen and oxygen atoms in total. The summed E-state index contributed by atoms with van der Waals surface area (Å²) < 4.78 is 5.43. The van der Waals surface area contributed by atoms with Gasteiger partial charge in [0.1, 0.15) is 10.8 Å². The van der Waals surface area contributed by atoms with Crippen LogP contribution in [0.2, 0.25) is 0 Å². The van der Waals surface area contributed by atoms with E-state index >= 15 is 0 Å². The number of anilines is 1. The van der Waals surface area contributed by atoms with Crippen LogP contribution in [0.4, 0.5) is 5.00 Å². The van der Waals surface area contributed by atoms with Crippen molar-refractivity contribution in [1.82, 2.24) is 4.90 Å². The van der Waals surface area contributed by atoms with Crippen molar-refractivity contribution in [3.05, 3.63) is 46.8 Å². The number of carbonyl (C=O) groups excluding carboxylic acids is 2. The minimum Gasteiger partial charge on any atom is -0.494 e. The maximum atomic E-state index is 12.4. The molecule has 1 aromatic heterocycles. The summed E-state index contributed by atoms with van der Waals surface area (Å²) in [7, 11) is 1.88. The normalized spacial score (nSPS) is 12.0. The quantitative estimate of drug-likeness (QED) is 0.757. The zero-order chi connectivity index (χ0) is 18.4. The highest BCUT2D eigenvalue weighted by Crippen LogP contribution is 2.23. The third-order valence-corrected chi connectivity index (χ3v) is 4.70. The van der Waals surface area contributed by atoms with E-state index in [-0.39, 0.29) is 11.9 Å². The van der Waals surface area contributed by atoms with Crippen molar-refractivity contribution < 1.29 is 14.3 Å². The first-order chi connectivity index (χ1) is 11.9. The molecule has 0 aliphatic carbocycles. The molecule has 0 fully saturated rings. The van der Waals surface area contributed by atoms with Crippen LogP contribution in [0.3, 0.4) is 0 Å². The first kappa shape index (κ1) is 19.0. The number of carbonyl (C=O) groups is 2. The summed E-state index contributed by atoms with van der Waals surface area (Å²) in [6.07, 6.45) is 0. The smallest absolute Gasteiger partial charge is 0.251 e. The standard InChI is InChI=1S/C18H23N3O3S/c1-4-24-14-7-5-13(6-8-14)11-21(3)12(2)17(23)20-18-15(16(19)22)9-10-25-18/h5-10,12H,4,11H2,1-3H3,(H2,19,22)(H,20,23). The number of nitrogens with zero attached hydrogens (tertiary/aromatic N) is 1. The second-order valence-electron chi connectivity index (χ2n) is 5.68. The van der Waals surface area contributed by atoms with Crippen LogP contribution in [-0.2, 0) is 11.3 Å². The Hall–Kier alpha value is -2.38. The Labute approximate surface area is 151 Å². The summed E-state index contributed by atoms with van der Waals surface area (Å²) in [5.41, 5.74) is 6.72. The fourth-order valence-corrected chi connectivity index (χ4v) is 3.09. The van der Waals surface area contributed by atoms with Gasteiger partial charge in [0.05, 0.1) is 18.2 Å². The molecular formula is C18H23N3O3S. The monoisotopic (exact) mass is 361 g/mol. The van der Waals surface area contributed by atoms with Crippen molar-refractivity contribution in [2.45, 2.75) is 26.4 Å². The van der Waals surface area contributed by atoms with Gasteiger partial charge in [0.2, 0.25) is 5.91 Å². The second-order valence-corrected chi connectivity index (χ2v) is 6.60. The van der Waals surface area contributed by atoms with Gasteiger partial charge in [0.15, 0.2) is 0 Å². The van der Waals surface area contributed by atoms with E-state index in [0.717, 1.165) is 11.3 Å². The average molecular weight is 361 g/mol. The number of primary amides is 1. The lowest BCUT2D eigenvalue weighted by Crippen LogP contribution is -2.39. The zero-order valence-corrected chi connectivity index (χ0v) is 15.4. The highest BCUT2D eigenvalue weighted by Gasteiger charge is 2.20. The lowest BCUT2D eigenvalue weighted by molar-refractivity contribution is -0.120. The molecule has 0 bridgehead atoms. The molecule has 134 valence electrons. The molecule has 0 aliphatic rings. The minimum atomic E-state index is -0.549. The molecule has 3 N–H and O–H groups in total. The van der Waals surface area contributed by atoms with Crippen LogP contribution < -0.4 is 15.8 Å². The van der Waals surface area contributed by atoms with Gasteiger partial charge < -0.3 is 15.8 Å². The maximum Gasteiger partial charge on any atom is 0.251 e. The lowest BCUT2D eigenvalue weighted by Gasteiger charge is -2.24. The lowest BCUT2D eigenvalue weighted by atomic mass is 10.2. The van der Waals surface area contributed by atoms with E-state index in [2.05, 4.69) is 5.32 Å². The van der Waals surface area contributed by atoms with E-state index < -0.39 is 5.91 Å². The van der Waals surface area contributed by atoms with Crippen LogP contribution >= 0.6 is 11.3 Å². The van der Waals surface area contributed by atoms with Gasteiger partial charge in [-0.15, -0.1) is 11.3 Å². The van der Waals surface area contributed by atoms with Gasteiger partial charge in [-0.05, 0) is 50.0 Å². The Balaban J connectivity index is 1.96. The number of thiophene rings is 1. The van der Waals surface area contributed by atoms with E-state index in [1.165, 1.54) is 11.3 Å². The fraction of sp³-hybridized carbons (Fsp3) is 0.333. The molecule has 1 unspecified atom stereocenters. The fourth-order valence-electron chi connectivity index (χ4n) is 2.30. The minimum absolute atomic E-state index is 0.182. The molecule has 1 aromatic carbocycles. The Morgan fingerprint density at radius 2 is 1.96 bits per heavy atom. The Bertz CT molecular complexity index is 727. The Kier molecular flexibility index (Phi) is 6.55. The summed E-state index contributed by atoms with van der Waals surface area (Å²) in [6, 6.07) is 9.04. The summed E-state index contributed by atoms with van der Waals surface area (Å²) in [5, 5.41) is 4.99. The number of likely N-dealkylation sites (N-methyl/N-ethyl adjacent to an activating group) is 1. The number of ether oxygens (including phenoxy) is 1. The second kappa shape index (κ2) is 8.64. The van der Waals surface area contributed by atoms with Gasteiger partial charge in [0, 0.05) is 6.54 Å². The Morgan fingerprint density at radius 1 is 1.28 bits per heavy atom. The van der Waals surface area contributed by atoms with Crippen LogP contribution in [0, 0.1) is 0 Å². The number of hydrogen-bond donors (Lipinski definition) is 2. The van der Waals surface area contributed by atoms with E-state index in [9.17, 15) is 9.59 Å². The van der Waals surface area contributed by atoms with Gasteiger partial charge >= 0.3 is 0 Å². The molecule has 7 heteroatoms. The maximum absolute atomic E-state index is 12.4. The zero-order valence-electron chi connectivity index (χ0n) is 14.6. The molecule has 1 atom stereocenters. The number of benzene rings is 1. The summed E-state index contributed by atoms with van der Waals surface area (Å²) in [4.78, 5) is 25.7. The van der Waals surface area contributed by atoms with E-state index in [0.29, 0.717) is 23.7 Å². The molecule has 1 heterocycles. The van der Waals surface area contributed by atoms with E-state index in [1.54, 1.807) is 11.4 Å². The number of rotatable bonds is 8. The largest absolute Gasteiger partial charge is 0.494 e. The van der Waals surface area contributed by atoms with E-state index in [1.807, 2.05) is 50.1 Å². The summed E-state index contributed by atoms with van der Waals surface area (Å²) >= 11 is 1.28. The molecular weight excluding hydrogens is 338 g/mol. The molecule has 0 saturated heterocycles. The van der Waals surface area contributed by atoms with E-state index in [4.69, 9.17) is 10.5 Å². The molecule has 25 heavy (non-hydrogen) atoms. The predicted molar refractivity (Wildman–Crippen MR) is 100 cm³/mol. The van der Waals surface area contributed by atoms with Crippen molar-refractivity contribution in [2.24, 2.45) is 5.73 Å². The van der Waals surface area contributed by atoms with Crippen molar-refractivity contribution in [2.75, 3.05) is 19.0 Å². The summed E-state index contributed by atoms with van der Waals surface area (Å²) in [6.45, 7) is 5.02. The number of nitrogens with two attached hydrogens (primary N) is 1. The predicted octanol–water partition coefficient (Wildman–Crippen LogP) is 2.70. The van der Waals surface area contributed by atoms with Crippen LogP contribution in [0.15, 0.2) is 35.7 Å². The molecule has 0 saturated carbocycles. The van der Waals surface area contributed by atoms with Gasteiger partial charge in [-0.3, -0.25) is 14.5 Å². The van der Waals surface area contributed by atoms with Gasteiger partial charge in [-0.25, -0.2) is 0 Å². The Morgan fingerprint density at radius 3 is 2.56 bits per heavy atom. The average Bonchev–Trinajstić information content (AvgIpc) is 3.04. The van der Waals surface area contributed by atoms with Gasteiger partial charge in [0.25, 0.3) is 5.91 Å². The van der Waals surface area contributed by atoms with Crippen molar-refractivity contribution in [3.8, 4) is 5.75 Å². The number of nitrogens with one attached hydrogen (secondary N) is 1. The van der Waals surface area contributed by atoms with Crippen LogP contribution in [0.1, 0.15) is 29.8 Å². The molecule has 0 radical (unpaired) electrons. The van der Waals surface area contributed by atoms with Crippen LogP contribution in [-0.4, -0.2) is 36.4 Å². The van der Waals surface area contributed by atoms with Crippen LogP contribution in [0.25, 0.3) is 0 Å². The van der Waals surface area contributed by atoms with Gasteiger partial charge in [-0.2, -0.15) is 0 Å². The third kappa shape index (κ3) is 5.04. The highest BCUT2D eigenvalue weighted by atomic mass is 32.1. The first-order valence-corrected chi connectivity index (χ1v) is 8.90. The van der Waals surface area contributed by atoms with Gasteiger partial charge in [-0.1, -0.05) is 12.1 Å². The summed E-state index contributed by atoms with van der Waals surface area (Å²) in [5.74, 6) is 0.0988. The SMILES string of the molecule is CCOc1ccc(CN(C)C(C)C(=O)Nc2sccc2C(N)=O)cc1. The van der Waals surface area contributed by atoms with Crippen molar-refractivity contribution in [1.29, 1.82) is 0 Å². The molecule has 2 rings (SSSR count). The topological polar surface area (TPSA) is 84.7 Å². The first-order valence-electron chi connectivity index (χ1n) is 8.02.